The summed E-state index contributed by atoms with van der Waals surface area (Å²) in [4.78, 5) is 20.4. The average molecular weight is 527 g/mol. The summed E-state index contributed by atoms with van der Waals surface area (Å²) in [6, 6.07) is 21.9. The topological polar surface area (TPSA) is 88.9 Å². The number of aromatic nitrogens is 5. The Labute approximate surface area is 224 Å². The van der Waals surface area contributed by atoms with Crippen LogP contribution in [0, 0.1) is 6.92 Å². The van der Waals surface area contributed by atoms with E-state index < -0.39 is 6.04 Å². The van der Waals surface area contributed by atoms with Gasteiger partial charge < -0.3 is 9.72 Å². The molecule has 1 saturated heterocycles. The zero-order valence-electron chi connectivity index (χ0n) is 21.3. The molecule has 1 aliphatic heterocycles. The minimum absolute atomic E-state index is 0.0951. The van der Waals surface area contributed by atoms with Gasteiger partial charge in [-0.1, -0.05) is 54.6 Å². The van der Waals surface area contributed by atoms with Crippen molar-refractivity contribution in [3.8, 4) is 0 Å². The van der Waals surface area contributed by atoms with Gasteiger partial charge in [-0.15, -0.1) is 16.4 Å². The molecule has 8 nitrogen and oxygen atoms in total. The number of pyridine rings is 1. The number of H-pyrrole nitrogens is 1. The van der Waals surface area contributed by atoms with E-state index in [0.29, 0.717) is 31.0 Å². The lowest BCUT2D eigenvalue weighted by atomic mass is 10.0. The summed E-state index contributed by atoms with van der Waals surface area (Å²) < 4.78 is 7.88. The van der Waals surface area contributed by atoms with Crippen LogP contribution in [0.2, 0.25) is 0 Å². The van der Waals surface area contributed by atoms with Gasteiger partial charge in [-0.3, -0.25) is 9.69 Å². The molecule has 5 aromatic rings. The van der Waals surface area contributed by atoms with Gasteiger partial charge in [0.2, 0.25) is 0 Å². The predicted octanol–water partition coefficient (Wildman–Crippen LogP) is 4.70. The van der Waals surface area contributed by atoms with Crippen molar-refractivity contribution in [2.24, 2.45) is 0 Å². The van der Waals surface area contributed by atoms with Crippen molar-refractivity contribution < 1.29 is 4.74 Å². The number of hydrogen-bond acceptors (Lipinski definition) is 7. The zero-order chi connectivity index (χ0) is 25.9. The van der Waals surface area contributed by atoms with Gasteiger partial charge in [0.15, 0.2) is 5.82 Å². The number of para-hydroxylation sites is 1. The Morgan fingerprint density at radius 3 is 2.84 bits per heavy atom. The average Bonchev–Trinajstić information content (AvgIpc) is 3.71. The number of nitrogens with one attached hydrogen (secondary N) is 1. The number of aryl methyl sites for hydroxylation is 1. The quantitative estimate of drug-likeness (QED) is 0.299. The molecule has 0 radical (unpaired) electrons. The van der Waals surface area contributed by atoms with E-state index >= 15 is 0 Å². The summed E-state index contributed by atoms with van der Waals surface area (Å²) in [6.45, 7) is 4.62. The van der Waals surface area contributed by atoms with Crippen LogP contribution in [-0.4, -0.2) is 49.3 Å². The first-order valence-electron chi connectivity index (χ1n) is 13.0. The van der Waals surface area contributed by atoms with Crippen molar-refractivity contribution >= 4 is 22.2 Å². The van der Waals surface area contributed by atoms with Gasteiger partial charge in [0.25, 0.3) is 5.56 Å². The molecule has 2 aromatic carbocycles. The molecule has 0 amide bonds. The highest BCUT2D eigenvalue weighted by Crippen LogP contribution is 2.31. The van der Waals surface area contributed by atoms with E-state index in [1.165, 1.54) is 4.88 Å². The van der Waals surface area contributed by atoms with Crippen LogP contribution in [0.15, 0.2) is 76.9 Å². The lowest BCUT2D eigenvalue weighted by molar-refractivity contribution is 0.0578. The molecule has 38 heavy (non-hydrogen) atoms. The molecule has 0 unspecified atom stereocenters. The van der Waals surface area contributed by atoms with Crippen LogP contribution in [0.25, 0.3) is 10.9 Å². The first-order chi connectivity index (χ1) is 18.7. The fraction of sp³-hybridized carbons (Fsp3) is 0.310. The van der Waals surface area contributed by atoms with E-state index in [1.807, 2.05) is 54.1 Å². The minimum Gasteiger partial charge on any atom is -0.377 e. The molecule has 1 fully saturated rings. The molecule has 0 aliphatic carbocycles. The normalized spacial score (nSPS) is 16.4. The van der Waals surface area contributed by atoms with Crippen molar-refractivity contribution in [2.75, 3.05) is 13.2 Å². The summed E-state index contributed by atoms with van der Waals surface area (Å²) in [5, 5.41) is 16.0. The molecular weight excluding hydrogens is 496 g/mol. The molecule has 0 saturated carbocycles. The van der Waals surface area contributed by atoms with Gasteiger partial charge in [0.1, 0.15) is 6.04 Å². The largest absolute Gasteiger partial charge is 0.377 e. The SMILES string of the molecule is Cc1cccc2cc([C@H](c3nnnn3Cc3ccccc3)N(Cc3cccs3)C[C@H]3CCCO3)c(=O)[nH]c12. The van der Waals surface area contributed by atoms with Crippen LogP contribution < -0.4 is 5.56 Å². The van der Waals surface area contributed by atoms with Gasteiger partial charge in [-0.2, -0.15) is 0 Å². The summed E-state index contributed by atoms with van der Waals surface area (Å²) in [7, 11) is 0. The van der Waals surface area contributed by atoms with Crippen molar-refractivity contribution in [3.05, 3.63) is 110 Å². The van der Waals surface area contributed by atoms with Crippen molar-refractivity contribution in [1.29, 1.82) is 0 Å². The molecule has 0 bridgehead atoms. The van der Waals surface area contributed by atoms with Crippen LogP contribution in [-0.2, 0) is 17.8 Å². The van der Waals surface area contributed by atoms with Gasteiger partial charge in [-0.05, 0) is 64.2 Å². The summed E-state index contributed by atoms with van der Waals surface area (Å²) in [6.07, 6.45) is 2.14. The molecular formula is C29H30N6O2S. The molecule has 194 valence electrons. The molecule has 6 rings (SSSR count). The number of fused-ring (bicyclic) bond motifs is 1. The number of nitrogens with zero attached hydrogens (tertiary/aromatic N) is 5. The smallest absolute Gasteiger partial charge is 0.253 e. The van der Waals surface area contributed by atoms with E-state index in [0.717, 1.165) is 41.5 Å². The van der Waals surface area contributed by atoms with Gasteiger partial charge in [-0.25, -0.2) is 4.68 Å². The molecule has 3 aromatic heterocycles. The molecule has 1 N–H and O–H groups in total. The lowest BCUT2D eigenvalue weighted by Gasteiger charge is -2.32. The van der Waals surface area contributed by atoms with Gasteiger partial charge >= 0.3 is 0 Å². The fourth-order valence-electron chi connectivity index (χ4n) is 5.29. The second-order valence-electron chi connectivity index (χ2n) is 9.82. The molecule has 2 atom stereocenters. The maximum atomic E-state index is 13.7. The second-order valence-corrected chi connectivity index (χ2v) is 10.9. The Kier molecular flexibility index (Phi) is 7.13. The van der Waals surface area contributed by atoms with Crippen LogP contribution in [0.1, 0.15) is 46.3 Å². The number of hydrogen-bond donors (Lipinski definition) is 1. The third kappa shape index (κ3) is 5.18. The highest BCUT2D eigenvalue weighted by Gasteiger charge is 2.33. The maximum Gasteiger partial charge on any atom is 0.253 e. The summed E-state index contributed by atoms with van der Waals surface area (Å²) >= 11 is 1.71. The van der Waals surface area contributed by atoms with Gasteiger partial charge in [0.05, 0.1) is 18.2 Å². The van der Waals surface area contributed by atoms with Crippen LogP contribution >= 0.6 is 11.3 Å². The Morgan fingerprint density at radius 2 is 2.05 bits per heavy atom. The molecule has 9 heteroatoms. The number of ether oxygens (including phenoxy) is 1. The van der Waals surface area contributed by atoms with E-state index in [1.54, 1.807) is 11.3 Å². The van der Waals surface area contributed by atoms with Gasteiger partial charge in [0, 0.05) is 30.1 Å². The monoisotopic (exact) mass is 526 g/mol. The summed E-state index contributed by atoms with van der Waals surface area (Å²) in [5.74, 6) is 0.640. The van der Waals surface area contributed by atoms with Crippen LogP contribution in [0.5, 0.6) is 0 Å². The Bertz CT molecular complexity index is 1560. The highest BCUT2D eigenvalue weighted by molar-refractivity contribution is 7.09. The molecule has 4 heterocycles. The first kappa shape index (κ1) is 24.7. The van der Waals surface area contributed by atoms with Crippen molar-refractivity contribution in [1.82, 2.24) is 30.1 Å². The van der Waals surface area contributed by atoms with E-state index in [9.17, 15) is 4.79 Å². The minimum atomic E-state index is -0.464. The van der Waals surface area contributed by atoms with E-state index in [-0.39, 0.29) is 11.7 Å². The Hall–Kier alpha value is -3.66. The first-order valence-corrected chi connectivity index (χ1v) is 13.8. The zero-order valence-corrected chi connectivity index (χ0v) is 22.1. The molecule has 0 spiro atoms. The fourth-order valence-corrected chi connectivity index (χ4v) is 6.02. The third-order valence-corrected chi connectivity index (χ3v) is 8.02. The van der Waals surface area contributed by atoms with E-state index in [2.05, 4.69) is 55.1 Å². The second kappa shape index (κ2) is 11.0. The molecule has 1 aliphatic rings. The van der Waals surface area contributed by atoms with Crippen LogP contribution in [0.3, 0.4) is 0 Å². The number of aromatic amines is 1. The van der Waals surface area contributed by atoms with E-state index in [4.69, 9.17) is 4.74 Å². The Morgan fingerprint density at radius 1 is 1.16 bits per heavy atom. The number of tetrazole rings is 1. The highest BCUT2D eigenvalue weighted by atomic mass is 32.1. The maximum absolute atomic E-state index is 13.7. The number of rotatable bonds is 9. The predicted molar refractivity (Wildman–Crippen MR) is 148 cm³/mol. The number of benzene rings is 2. The number of thiophene rings is 1. The lowest BCUT2D eigenvalue weighted by Crippen LogP contribution is -2.39. The van der Waals surface area contributed by atoms with Crippen molar-refractivity contribution in [2.45, 2.75) is 45.0 Å². The summed E-state index contributed by atoms with van der Waals surface area (Å²) in [5.41, 5.74) is 3.47. The third-order valence-electron chi connectivity index (χ3n) is 7.16. The standard InChI is InChI=1S/C29H30N6O2S/c1-20-8-5-11-22-16-25(29(36)30-26(20)22)27(28-31-32-33-35(28)17-21-9-3-2-4-10-21)34(18-23-12-6-14-37-23)19-24-13-7-15-38-24/h2-5,7-11,13,15-16,23,27H,6,12,14,17-19H2,1H3,(H,30,36)/t23-,27-/m1/s1. The van der Waals surface area contributed by atoms with Crippen molar-refractivity contribution in [3.63, 3.8) is 0 Å². The Balaban J connectivity index is 1.50. The van der Waals surface area contributed by atoms with Crippen LogP contribution in [0.4, 0.5) is 0 Å².